The monoisotopic (exact) mass is 296 g/mol. The molecule has 0 saturated heterocycles. The third kappa shape index (κ3) is 4.41. The van der Waals surface area contributed by atoms with Crippen LogP contribution in [0, 0.1) is 16.0 Å². The number of aliphatic carboxylic acids is 1. The first-order valence-electron chi connectivity index (χ1n) is 6.13. The first kappa shape index (κ1) is 16.3. The molecule has 0 aliphatic carbocycles. The molecule has 0 saturated carbocycles. The summed E-state index contributed by atoms with van der Waals surface area (Å²) in [5, 5.41) is 19.7. The van der Waals surface area contributed by atoms with Crippen molar-refractivity contribution in [3.63, 3.8) is 0 Å². The van der Waals surface area contributed by atoms with Crippen LogP contribution in [-0.4, -0.2) is 40.0 Å². The zero-order valence-corrected chi connectivity index (χ0v) is 11.6. The molecular weight excluding hydrogens is 280 g/mol. The van der Waals surface area contributed by atoms with E-state index in [1.165, 1.54) is 4.90 Å². The number of carboxylic acid groups (broad SMARTS) is 1. The van der Waals surface area contributed by atoms with Crippen LogP contribution in [0.5, 0.6) is 0 Å². The molecule has 1 aromatic heterocycles. The summed E-state index contributed by atoms with van der Waals surface area (Å²) < 4.78 is 0. The molecule has 3 N–H and O–H groups in total. The van der Waals surface area contributed by atoms with Gasteiger partial charge in [-0.15, -0.1) is 0 Å². The number of hydrogen-bond acceptors (Lipinski definition) is 6. The summed E-state index contributed by atoms with van der Waals surface area (Å²) in [4.78, 5) is 37.6. The lowest BCUT2D eigenvalue weighted by Gasteiger charge is -2.25. The van der Waals surface area contributed by atoms with Gasteiger partial charge in [0.05, 0.1) is 10.5 Å². The average molecular weight is 296 g/mol. The van der Waals surface area contributed by atoms with Crippen LogP contribution < -0.4 is 10.6 Å². The molecular formula is C12H16N4O5. The van der Waals surface area contributed by atoms with Crippen molar-refractivity contribution in [3.05, 3.63) is 27.9 Å². The number of amides is 1. The van der Waals surface area contributed by atoms with Gasteiger partial charge in [0.2, 0.25) is 0 Å². The van der Waals surface area contributed by atoms with Crippen LogP contribution >= 0.6 is 0 Å². The van der Waals surface area contributed by atoms with Crippen molar-refractivity contribution in [1.29, 1.82) is 0 Å². The predicted molar refractivity (Wildman–Crippen MR) is 74.1 cm³/mol. The number of carboxylic acids is 1. The minimum Gasteiger partial charge on any atom is -0.480 e. The van der Waals surface area contributed by atoms with E-state index in [1.807, 2.05) is 13.8 Å². The fraction of sp³-hybridized carbons (Fsp3) is 0.417. The molecule has 0 bridgehead atoms. The molecule has 0 fully saturated rings. The SMILES string of the molecule is CC(C)CN(CC(=O)O)c1ncc([N+](=O)[O-])cc1C(N)=O. The summed E-state index contributed by atoms with van der Waals surface area (Å²) in [6.45, 7) is 3.66. The molecule has 1 rings (SSSR count). The van der Waals surface area contributed by atoms with E-state index >= 15 is 0 Å². The highest BCUT2D eigenvalue weighted by Gasteiger charge is 2.22. The highest BCUT2D eigenvalue weighted by Crippen LogP contribution is 2.23. The molecule has 114 valence electrons. The summed E-state index contributed by atoms with van der Waals surface area (Å²) in [5.41, 5.74) is 4.65. The Hall–Kier alpha value is -2.71. The standard InChI is InChI=1S/C12H16N4O5/c1-7(2)5-15(6-10(17)18)12-9(11(13)19)3-8(4-14-12)16(20)21/h3-4,7H,5-6H2,1-2H3,(H2,13,19)(H,17,18). The number of hydrogen-bond donors (Lipinski definition) is 2. The maximum absolute atomic E-state index is 11.5. The second kappa shape index (κ2) is 6.64. The van der Waals surface area contributed by atoms with E-state index in [0.717, 1.165) is 12.3 Å². The zero-order valence-electron chi connectivity index (χ0n) is 11.6. The van der Waals surface area contributed by atoms with Gasteiger partial charge in [0.25, 0.3) is 11.6 Å². The van der Waals surface area contributed by atoms with Crippen molar-refractivity contribution in [2.24, 2.45) is 11.7 Å². The number of pyridine rings is 1. The molecule has 1 heterocycles. The van der Waals surface area contributed by atoms with Crippen molar-refractivity contribution in [3.8, 4) is 0 Å². The minimum absolute atomic E-state index is 0.0317. The molecule has 9 heteroatoms. The molecule has 21 heavy (non-hydrogen) atoms. The van der Waals surface area contributed by atoms with Gasteiger partial charge in [-0.3, -0.25) is 19.7 Å². The van der Waals surface area contributed by atoms with E-state index in [1.54, 1.807) is 0 Å². The van der Waals surface area contributed by atoms with Crippen LogP contribution in [0.1, 0.15) is 24.2 Å². The van der Waals surface area contributed by atoms with Gasteiger partial charge in [-0.05, 0) is 5.92 Å². The van der Waals surface area contributed by atoms with Crippen LogP contribution in [-0.2, 0) is 4.79 Å². The molecule has 0 spiro atoms. The summed E-state index contributed by atoms with van der Waals surface area (Å²) in [6.07, 6.45) is 0.969. The van der Waals surface area contributed by atoms with Gasteiger partial charge in [-0.1, -0.05) is 13.8 Å². The molecule has 1 amide bonds. The van der Waals surface area contributed by atoms with Crippen LogP contribution in [0.15, 0.2) is 12.3 Å². The minimum atomic E-state index is -1.11. The molecule has 0 atom stereocenters. The fourth-order valence-corrected chi connectivity index (χ4v) is 1.81. The number of aromatic nitrogens is 1. The Morgan fingerprint density at radius 1 is 1.52 bits per heavy atom. The molecule has 0 radical (unpaired) electrons. The number of nitrogens with two attached hydrogens (primary N) is 1. The number of carbonyl (C=O) groups excluding carboxylic acids is 1. The van der Waals surface area contributed by atoms with Gasteiger partial charge in [0.1, 0.15) is 18.6 Å². The number of carbonyl (C=O) groups is 2. The Labute approximate surface area is 120 Å². The second-order valence-corrected chi connectivity index (χ2v) is 4.85. The number of nitrogens with zero attached hydrogens (tertiary/aromatic N) is 3. The summed E-state index contributed by atoms with van der Waals surface area (Å²) in [6, 6.07) is 1.000. The lowest BCUT2D eigenvalue weighted by molar-refractivity contribution is -0.385. The van der Waals surface area contributed by atoms with E-state index in [9.17, 15) is 19.7 Å². The van der Waals surface area contributed by atoms with E-state index < -0.39 is 16.8 Å². The van der Waals surface area contributed by atoms with Gasteiger partial charge in [0.15, 0.2) is 0 Å². The van der Waals surface area contributed by atoms with Crippen molar-refractivity contribution in [2.45, 2.75) is 13.8 Å². The Morgan fingerprint density at radius 2 is 2.14 bits per heavy atom. The quantitative estimate of drug-likeness (QED) is 0.555. The van der Waals surface area contributed by atoms with E-state index in [4.69, 9.17) is 10.8 Å². The normalized spacial score (nSPS) is 10.4. The summed E-state index contributed by atoms with van der Waals surface area (Å²) in [7, 11) is 0. The van der Waals surface area contributed by atoms with Crippen LogP contribution in [0.3, 0.4) is 0 Å². The molecule has 0 aromatic carbocycles. The zero-order chi connectivity index (χ0) is 16.2. The van der Waals surface area contributed by atoms with Crippen molar-refractivity contribution in [1.82, 2.24) is 4.98 Å². The van der Waals surface area contributed by atoms with Gasteiger partial charge < -0.3 is 15.7 Å². The first-order valence-corrected chi connectivity index (χ1v) is 6.13. The van der Waals surface area contributed by atoms with Gasteiger partial charge >= 0.3 is 5.97 Å². The number of nitro groups is 1. The van der Waals surface area contributed by atoms with Gasteiger partial charge in [-0.2, -0.15) is 0 Å². The Bertz CT molecular complexity index is 573. The third-order valence-corrected chi connectivity index (χ3v) is 2.54. The smallest absolute Gasteiger partial charge is 0.323 e. The third-order valence-electron chi connectivity index (χ3n) is 2.54. The predicted octanol–water partition coefficient (Wildman–Crippen LogP) is 0.636. The van der Waals surface area contributed by atoms with Gasteiger partial charge in [-0.25, -0.2) is 4.98 Å². The average Bonchev–Trinajstić information content (AvgIpc) is 2.35. The first-order chi connectivity index (χ1) is 9.72. The van der Waals surface area contributed by atoms with Crippen LogP contribution in [0.2, 0.25) is 0 Å². The van der Waals surface area contributed by atoms with Crippen LogP contribution in [0.4, 0.5) is 11.5 Å². The van der Waals surface area contributed by atoms with E-state index in [2.05, 4.69) is 4.98 Å². The van der Waals surface area contributed by atoms with Crippen molar-refractivity contribution < 1.29 is 19.6 Å². The molecule has 0 aliphatic heterocycles. The lowest BCUT2D eigenvalue weighted by Crippen LogP contribution is -2.35. The highest BCUT2D eigenvalue weighted by molar-refractivity contribution is 5.98. The largest absolute Gasteiger partial charge is 0.480 e. The molecule has 0 aliphatic rings. The Balaban J connectivity index is 3.31. The number of primary amides is 1. The lowest BCUT2D eigenvalue weighted by atomic mass is 10.1. The number of anilines is 1. The molecule has 1 aromatic rings. The maximum Gasteiger partial charge on any atom is 0.323 e. The van der Waals surface area contributed by atoms with Crippen LogP contribution in [0.25, 0.3) is 0 Å². The second-order valence-electron chi connectivity index (χ2n) is 4.85. The summed E-state index contributed by atoms with van der Waals surface area (Å²) in [5.74, 6) is -1.88. The van der Waals surface area contributed by atoms with Crippen molar-refractivity contribution in [2.75, 3.05) is 18.0 Å². The van der Waals surface area contributed by atoms with Gasteiger partial charge in [0, 0.05) is 12.6 Å². The maximum atomic E-state index is 11.5. The number of rotatable bonds is 7. The van der Waals surface area contributed by atoms with E-state index in [0.29, 0.717) is 6.54 Å². The Kier molecular flexibility index (Phi) is 5.17. The van der Waals surface area contributed by atoms with Crippen molar-refractivity contribution >= 4 is 23.4 Å². The molecule has 9 nitrogen and oxygen atoms in total. The fourth-order valence-electron chi connectivity index (χ4n) is 1.81. The Morgan fingerprint density at radius 3 is 2.57 bits per heavy atom. The highest BCUT2D eigenvalue weighted by atomic mass is 16.6. The summed E-state index contributed by atoms with van der Waals surface area (Å²) >= 11 is 0. The molecule has 0 unspecified atom stereocenters. The van der Waals surface area contributed by atoms with E-state index in [-0.39, 0.29) is 29.5 Å². The topological polar surface area (TPSA) is 140 Å².